The van der Waals surface area contributed by atoms with Crippen LogP contribution in [-0.2, 0) is 17.6 Å². The first-order valence-electron chi connectivity index (χ1n) is 10.3. The SMILES string of the molecule is Cc1cc(CC2=CCc3cc(C)c4[nH]ccc4c3N2[C@H]2CCCOC2)oc1C.[HH]. The van der Waals surface area contributed by atoms with E-state index in [0.717, 1.165) is 50.4 Å². The Morgan fingerprint density at radius 3 is 2.86 bits per heavy atom. The smallest absolute Gasteiger partial charge is 0.110 e. The summed E-state index contributed by atoms with van der Waals surface area (Å²) in [5.74, 6) is 2.06. The third kappa shape index (κ3) is 2.87. The highest BCUT2D eigenvalue weighted by atomic mass is 16.5. The molecular weight excluding hydrogens is 348 g/mol. The first-order valence-corrected chi connectivity index (χ1v) is 10.3. The van der Waals surface area contributed by atoms with E-state index in [0.29, 0.717) is 6.04 Å². The van der Waals surface area contributed by atoms with E-state index in [-0.39, 0.29) is 1.43 Å². The molecule has 1 N–H and O–H groups in total. The van der Waals surface area contributed by atoms with Gasteiger partial charge in [-0.3, -0.25) is 0 Å². The highest BCUT2D eigenvalue weighted by molar-refractivity contribution is 5.97. The van der Waals surface area contributed by atoms with Crippen LogP contribution in [-0.4, -0.2) is 24.2 Å². The van der Waals surface area contributed by atoms with Crippen molar-refractivity contribution in [1.29, 1.82) is 0 Å². The Bertz CT molecular complexity index is 1040. The minimum absolute atomic E-state index is 0. The molecule has 0 spiro atoms. The van der Waals surface area contributed by atoms with Gasteiger partial charge in [0.15, 0.2) is 0 Å². The molecule has 0 radical (unpaired) electrons. The van der Waals surface area contributed by atoms with Gasteiger partial charge in [-0.05, 0) is 68.9 Å². The Labute approximate surface area is 167 Å². The number of ether oxygens (including phenoxy) is 1. The number of benzene rings is 1. The second-order valence-electron chi connectivity index (χ2n) is 8.24. The summed E-state index contributed by atoms with van der Waals surface area (Å²) in [6.07, 6.45) is 8.52. The lowest BCUT2D eigenvalue weighted by molar-refractivity contribution is 0.0808. The molecule has 3 aromatic rings. The molecule has 2 aliphatic rings. The molecule has 148 valence electrons. The maximum Gasteiger partial charge on any atom is 0.110 e. The zero-order chi connectivity index (χ0) is 19.3. The van der Waals surface area contributed by atoms with Crippen LogP contribution in [0.15, 0.2) is 40.6 Å². The molecule has 0 aliphatic carbocycles. The molecular formula is C24H30N2O2. The van der Waals surface area contributed by atoms with Crippen LogP contribution in [0.3, 0.4) is 0 Å². The third-order valence-corrected chi connectivity index (χ3v) is 6.27. The zero-order valence-electron chi connectivity index (χ0n) is 17.0. The molecule has 28 heavy (non-hydrogen) atoms. The molecule has 4 heteroatoms. The van der Waals surface area contributed by atoms with Gasteiger partial charge in [0.25, 0.3) is 0 Å². The first kappa shape index (κ1) is 17.6. The quantitative estimate of drug-likeness (QED) is 0.645. The number of nitrogens with zero attached hydrogens (tertiary/aromatic N) is 1. The van der Waals surface area contributed by atoms with Gasteiger partial charge in [0.2, 0.25) is 0 Å². The lowest BCUT2D eigenvalue weighted by atomic mass is 9.93. The van der Waals surface area contributed by atoms with Gasteiger partial charge in [-0.25, -0.2) is 0 Å². The summed E-state index contributed by atoms with van der Waals surface area (Å²) in [6.45, 7) is 8.02. The summed E-state index contributed by atoms with van der Waals surface area (Å²) in [7, 11) is 0. The van der Waals surface area contributed by atoms with Crippen LogP contribution in [0.25, 0.3) is 10.9 Å². The molecule has 0 saturated carbocycles. The van der Waals surface area contributed by atoms with Crippen molar-refractivity contribution in [2.75, 3.05) is 18.1 Å². The molecule has 0 bridgehead atoms. The number of hydrogen-bond acceptors (Lipinski definition) is 3. The summed E-state index contributed by atoms with van der Waals surface area (Å²) in [6, 6.07) is 7.13. The lowest BCUT2D eigenvalue weighted by Gasteiger charge is -2.41. The number of H-pyrrole nitrogens is 1. The van der Waals surface area contributed by atoms with Gasteiger partial charge in [-0.2, -0.15) is 0 Å². The fraction of sp³-hybridized carbons (Fsp3) is 0.417. The molecule has 2 aliphatic heterocycles. The third-order valence-electron chi connectivity index (χ3n) is 6.27. The second-order valence-corrected chi connectivity index (χ2v) is 8.24. The van der Waals surface area contributed by atoms with Crippen LogP contribution in [0.5, 0.6) is 0 Å². The average molecular weight is 379 g/mol. The van der Waals surface area contributed by atoms with Gasteiger partial charge < -0.3 is 19.0 Å². The normalized spacial score (nSPS) is 19.8. The second kappa shape index (κ2) is 6.85. The number of nitrogens with one attached hydrogen (secondary N) is 1. The first-order chi connectivity index (χ1) is 13.6. The molecule has 5 rings (SSSR count). The average Bonchev–Trinajstić information content (AvgIpc) is 3.30. The van der Waals surface area contributed by atoms with E-state index in [2.05, 4.69) is 54.2 Å². The van der Waals surface area contributed by atoms with Crippen molar-refractivity contribution in [2.24, 2.45) is 0 Å². The van der Waals surface area contributed by atoms with Gasteiger partial charge in [-0.15, -0.1) is 0 Å². The van der Waals surface area contributed by atoms with Gasteiger partial charge >= 0.3 is 0 Å². The fourth-order valence-corrected chi connectivity index (χ4v) is 4.79. The molecule has 0 amide bonds. The predicted molar refractivity (Wildman–Crippen MR) is 115 cm³/mol. The fourth-order valence-electron chi connectivity index (χ4n) is 4.79. The highest BCUT2D eigenvalue weighted by Gasteiger charge is 2.31. The number of aryl methyl sites for hydroxylation is 3. The predicted octanol–water partition coefficient (Wildman–Crippen LogP) is 5.60. The number of anilines is 1. The largest absolute Gasteiger partial charge is 0.466 e. The van der Waals surface area contributed by atoms with E-state index in [1.54, 1.807) is 0 Å². The minimum Gasteiger partial charge on any atom is -0.466 e. The standard InChI is InChI=1S/C24H28N2O2.H2/c1-15-12-21(28-17(15)3)13-19-7-6-18-11-16(2)23-22(8-9-25-23)24(18)26(19)20-5-4-10-27-14-20;/h7-9,11-12,20,25H,4-6,10,13-14H2,1-3H3;1H/t20-;/m0./s1. The van der Waals surface area contributed by atoms with Crippen LogP contribution < -0.4 is 4.90 Å². The van der Waals surface area contributed by atoms with E-state index in [1.165, 1.54) is 39.0 Å². The number of furan rings is 1. The Kier molecular flexibility index (Phi) is 4.31. The summed E-state index contributed by atoms with van der Waals surface area (Å²) in [5.41, 5.74) is 7.88. The number of hydrogen-bond donors (Lipinski definition) is 1. The topological polar surface area (TPSA) is 41.4 Å². The molecule has 1 atom stereocenters. The molecule has 1 fully saturated rings. The molecule has 4 nitrogen and oxygen atoms in total. The van der Waals surface area contributed by atoms with E-state index in [4.69, 9.17) is 9.15 Å². The molecule has 1 aromatic carbocycles. The van der Waals surface area contributed by atoms with Crippen molar-refractivity contribution in [3.63, 3.8) is 0 Å². The lowest BCUT2D eigenvalue weighted by Crippen LogP contribution is -2.43. The van der Waals surface area contributed by atoms with Crippen molar-refractivity contribution in [1.82, 2.24) is 4.98 Å². The molecule has 4 heterocycles. The maximum absolute atomic E-state index is 6.03. The minimum atomic E-state index is 0. The number of rotatable bonds is 3. The zero-order valence-corrected chi connectivity index (χ0v) is 17.0. The van der Waals surface area contributed by atoms with E-state index < -0.39 is 0 Å². The van der Waals surface area contributed by atoms with Crippen LogP contribution in [0.4, 0.5) is 5.69 Å². The Balaban J connectivity index is 0.00000205. The highest BCUT2D eigenvalue weighted by Crippen LogP contribution is 2.41. The summed E-state index contributed by atoms with van der Waals surface area (Å²) in [5, 5.41) is 1.32. The Morgan fingerprint density at radius 1 is 1.21 bits per heavy atom. The van der Waals surface area contributed by atoms with E-state index >= 15 is 0 Å². The molecule has 2 aromatic heterocycles. The number of allylic oxidation sites excluding steroid dienone is 2. The Hall–Kier alpha value is -2.46. The van der Waals surface area contributed by atoms with Crippen LogP contribution in [0.2, 0.25) is 0 Å². The van der Waals surface area contributed by atoms with Crippen LogP contribution in [0.1, 0.15) is 42.5 Å². The summed E-state index contributed by atoms with van der Waals surface area (Å²) < 4.78 is 11.9. The van der Waals surface area contributed by atoms with E-state index in [9.17, 15) is 0 Å². The number of aromatic nitrogens is 1. The summed E-state index contributed by atoms with van der Waals surface area (Å²) >= 11 is 0. The van der Waals surface area contributed by atoms with Crippen molar-refractivity contribution in [3.8, 4) is 0 Å². The molecule has 0 unspecified atom stereocenters. The molecule has 1 saturated heterocycles. The van der Waals surface area contributed by atoms with Crippen molar-refractivity contribution in [2.45, 2.75) is 52.5 Å². The van der Waals surface area contributed by atoms with Crippen LogP contribution >= 0.6 is 0 Å². The van der Waals surface area contributed by atoms with Crippen molar-refractivity contribution < 1.29 is 10.6 Å². The number of aromatic amines is 1. The summed E-state index contributed by atoms with van der Waals surface area (Å²) in [4.78, 5) is 6.00. The van der Waals surface area contributed by atoms with Gasteiger partial charge in [0.1, 0.15) is 11.5 Å². The van der Waals surface area contributed by atoms with Crippen molar-refractivity contribution in [3.05, 3.63) is 64.4 Å². The van der Waals surface area contributed by atoms with Crippen LogP contribution in [0, 0.1) is 20.8 Å². The van der Waals surface area contributed by atoms with E-state index in [1.807, 2.05) is 6.92 Å². The Morgan fingerprint density at radius 2 is 2.11 bits per heavy atom. The van der Waals surface area contributed by atoms with Gasteiger partial charge in [0.05, 0.1) is 23.9 Å². The van der Waals surface area contributed by atoms with Gasteiger partial charge in [-0.1, -0.05) is 12.1 Å². The maximum atomic E-state index is 6.03. The van der Waals surface area contributed by atoms with Gasteiger partial charge in [0, 0.05) is 31.7 Å². The monoisotopic (exact) mass is 378 g/mol. The van der Waals surface area contributed by atoms with Crippen molar-refractivity contribution >= 4 is 16.6 Å². The number of fused-ring (bicyclic) bond motifs is 3.